The van der Waals surface area contributed by atoms with Crippen LogP contribution in [0.4, 0.5) is 10.1 Å². The Bertz CT molecular complexity index is 870. The molecule has 0 aliphatic rings. The van der Waals surface area contributed by atoms with E-state index in [1.165, 1.54) is 6.20 Å². The Kier molecular flexibility index (Phi) is 4.99. The van der Waals surface area contributed by atoms with Crippen LogP contribution in [0.3, 0.4) is 0 Å². The van der Waals surface area contributed by atoms with Crippen LogP contribution in [0, 0.1) is 5.82 Å². The second-order valence-corrected chi connectivity index (χ2v) is 6.80. The Balaban J connectivity index is 1.87. The molecule has 0 aliphatic carbocycles. The third-order valence-corrected chi connectivity index (χ3v) is 5.24. The first-order valence-corrected chi connectivity index (χ1v) is 8.68. The van der Waals surface area contributed by atoms with Crippen molar-refractivity contribution in [1.29, 1.82) is 0 Å². The molecule has 3 rings (SSSR count). The number of pyridine rings is 1. The SMILES string of the molecule is COC(C)c1nc(CN(C)c2ccc3c(Cl)ccnc3c2F)cs1. The Labute approximate surface area is 148 Å². The lowest BCUT2D eigenvalue weighted by Gasteiger charge is -2.19. The van der Waals surface area contributed by atoms with E-state index in [4.69, 9.17) is 16.3 Å². The maximum Gasteiger partial charge on any atom is 0.172 e. The van der Waals surface area contributed by atoms with Crippen LogP contribution in [0.2, 0.25) is 5.02 Å². The zero-order valence-electron chi connectivity index (χ0n) is 13.6. The van der Waals surface area contributed by atoms with Crippen molar-refractivity contribution in [1.82, 2.24) is 9.97 Å². The van der Waals surface area contributed by atoms with Crippen LogP contribution in [0.15, 0.2) is 29.8 Å². The lowest BCUT2D eigenvalue weighted by atomic mass is 10.1. The number of aromatic nitrogens is 2. The van der Waals surface area contributed by atoms with Crippen LogP contribution >= 0.6 is 22.9 Å². The molecule has 0 saturated carbocycles. The predicted molar refractivity (Wildman–Crippen MR) is 96.4 cm³/mol. The number of ether oxygens (including phenoxy) is 1. The number of nitrogens with zero attached hydrogens (tertiary/aromatic N) is 3. The van der Waals surface area contributed by atoms with Gasteiger partial charge in [0.2, 0.25) is 0 Å². The second-order valence-electron chi connectivity index (χ2n) is 5.50. The smallest absolute Gasteiger partial charge is 0.172 e. The number of thiazole rings is 1. The Morgan fingerprint density at radius 2 is 2.17 bits per heavy atom. The van der Waals surface area contributed by atoms with Crippen molar-refractivity contribution in [3.05, 3.63) is 51.3 Å². The van der Waals surface area contributed by atoms with E-state index in [0.717, 1.165) is 10.7 Å². The number of anilines is 1. The van der Waals surface area contributed by atoms with Gasteiger partial charge in [-0.15, -0.1) is 11.3 Å². The van der Waals surface area contributed by atoms with Gasteiger partial charge in [-0.1, -0.05) is 11.6 Å². The molecule has 0 spiro atoms. The van der Waals surface area contributed by atoms with Gasteiger partial charge in [-0.25, -0.2) is 9.37 Å². The normalized spacial score (nSPS) is 12.5. The van der Waals surface area contributed by atoms with Gasteiger partial charge in [0, 0.05) is 31.1 Å². The van der Waals surface area contributed by atoms with E-state index in [1.54, 1.807) is 36.6 Å². The lowest BCUT2D eigenvalue weighted by molar-refractivity contribution is 0.119. The van der Waals surface area contributed by atoms with Gasteiger partial charge in [0.15, 0.2) is 5.82 Å². The molecule has 1 aromatic carbocycles. The Morgan fingerprint density at radius 3 is 2.92 bits per heavy atom. The van der Waals surface area contributed by atoms with E-state index < -0.39 is 0 Å². The minimum Gasteiger partial charge on any atom is -0.375 e. The Morgan fingerprint density at radius 1 is 1.38 bits per heavy atom. The fourth-order valence-electron chi connectivity index (χ4n) is 2.45. The molecule has 1 unspecified atom stereocenters. The maximum absolute atomic E-state index is 14.8. The van der Waals surface area contributed by atoms with E-state index in [1.807, 2.05) is 24.3 Å². The molecule has 2 aromatic heterocycles. The lowest BCUT2D eigenvalue weighted by Crippen LogP contribution is -2.18. The molecule has 1 atom stereocenters. The molecule has 0 amide bonds. The summed E-state index contributed by atoms with van der Waals surface area (Å²) in [5.74, 6) is -0.377. The summed E-state index contributed by atoms with van der Waals surface area (Å²) in [6.45, 7) is 2.45. The molecule has 0 saturated heterocycles. The van der Waals surface area contributed by atoms with E-state index in [0.29, 0.717) is 22.6 Å². The number of rotatable bonds is 5. The number of hydrogen-bond donors (Lipinski definition) is 0. The van der Waals surface area contributed by atoms with Crippen molar-refractivity contribution >= 4 is 39.5 Å². The molecule has 0 radical (unpaired) electrons. The molecular weight excluding hydrogens is 349 g/mol. The van der Waals surface area contributed by atoms with Crippen LogP contribution in [0.25, 0.3) is 10.9 Å². The van der Waals surface area contributed by atoms with Crippen molar-refractivity contribution in [2.45, 2.75) is 19.6 Å². The average Bonchev–Trinajstić information content (AvgIpc) is 3.03. The standard InChI is InChI=1S/C17H17ClFN3OS/c1-10(23-3)17-21-11(9-24-17)8-22(2)14-5-4-12-13(18)6-7-20-16(12)15(14)19/h4-7,9-10H,8H2,1-3H3. The van der Waals surface area contributed by atoms with Gasteiger partial charge < -0.3 is 9.64 Å². The molecule has 0 fully saturated rings. The van der Waals surface area contributed by atoms with Crippen molar-refractivity contribution in [3.63, 3.8) is 0 Å². The van der Waals surface area contributed by atoms with Crippen molar-refractivity contribution < 1.29 is 9.13 Å². The predicted octanol–water partition coefficient (Wildman–Crippen LogP) is 4.83. The minimum atomic E-state index is -0.377. The van der Waals surface area contributed by atoms with Gasteiger partial charge in [-0.3, -0.25) is 4.98 Å². The number of fused-ring (bicyclic) bond motifs is 1. The van der Waals surface area contributed by atoms with Crippen molar-refractivity contribution in [2.75, 3.05) is 19.1 Å². The Hall–Kier alpha value is -1.76. The van der Waals surface area contributed by atoms with Gasteiger partial charge in [-0.05, 0) is 25.1 Å². The number of halogens is 2. The first-order chi connectivity index (χ1) is 11.5. The first kappa shape index (κ1) is 17.1. The van der Waals surface area contributed by atoms with E-state index in [2.05, 4.69) is 9.97 Å². The second kappa shape index (κ2) is 7.01. The fourth-order valence-corrected chi connectivity index (χ4v) is 3.50. The molecule has 126 valence electrons. The third-order valence-electron chi connectivity index (χ3n) is 3.86. The molecule has 0 bridgehead atoms. The summed E-state index contributed by atoms with van der Waals surface area (Å²) in [5, 5.41) is 3.98. The summed E-state index contributed by atoms with van der Waals surface area (Å²) in [5.41, 5.74) is 1.62. The fraction of sp³-hybridized carbons (Fsp3) is 0.294. The number of hydrogen-bond acceptors (Lipinski definition) is 5. The van der Waals surface area contributed by atoms with Crippen LogP contribution in [0.5, 0.6) is 0 Å². The van der Waals surface area contributed by atoms with Crippen molar-refractivity contribution in [2.24, 2.45) is 0 Å². The summed E-state index contributed by atoms with van der Waals surface area (Å²) in [6.07, 6.45) is 1.47. The highest BCUT2D eigenvalue weighted by Crippen LogP contribution is 2.30. The number of methoxy groups -OCH3 is 1. The van der Waals surface area contributed by atoms with Crippen LogP contribution in [-0.4, -0.2) is 24.1 Å². The minimum absolute atomic E-state index is 0.0437. The summed E-state index contributed by atoms with van der Waals surface area (Å²) in [6, 6.07) is 5.16. The molecular formula is C17H17ClFN3OS. The van der Waals surface area contributed by atoms with E-state index in [9.17, 15) is 4.39 Å². The molecule has 3 aromatic rings. The van der Waals surface area contributed by atoms with E-state index >= 15 is 0 Å². The topological polar surface area (TPSA) is 38.2 Å². The third kappa shape index (κ3) is 3.22. The molecule has 0 aliphatic heterocycles. The molecule has 7 heteroatoms. The summed E-state index contributed by atoms with van der Waals surface area (Å²) in [7, 11) is 3.48. The highest BCUT2D eigenvalue weighted by Gasteiger charge is 2.16. The van der Waals surface area contributed by atoms with Crippen molar-refractivity contribution in [3.8, 4) is 0 Å². The molecule has 4 nitrogen and oxygen atoms in total. The molecule has 24 heavy (non-hydrogen) atoms. The maximum atomic E-state index is 14.8. The highest BCUT2D eigenvalue weighted by molar-refractivity contribution is 7.09. The highest BCUT2D eigenvalue weighted by atomic mass is 35.5. The largest absolute Gasteiger partial charge is 0.375 e. The van der Waals surface area contributed by atoms with Crippen LogP contribution in [-0.2, 0) is 11.3 Å². The average molecular weight is 366 g/mol. The zero-order chi connectivity index (χ0) is 17.3. The summed E-state index contributed by atoms with van der Waals surface area (Å²) >= 11 is 7.64. The van der Waals surface area contributed by atoms with Gasteiger partial charge in [-0.2, -0.15) is 0 Å². The number of benzene rings is 1. The molecule has 2 heterocycles. The van der Waals surface area contributed by atoms with Crippen LogP contribution in [0.1, 0.15) is 23.7 Å². The van der Waals surface area contributed by atoms with Gasteiger partial charge in [0.25, 0.3) is 0 Å². The van der Waals surface area contributed by atoms with Gasteiger partial charge in [0.05, 0.1) is 22.9 Å². The van der Waals surface area contributed by atoms with Gasteiger partial charge in [0.1, 0.15) is 16.6 Å². The summed E-state index contributed by atoms with van der Waals surface area (Å²) in [4.78, 5) is 10.5. The van der Waals surface area contributed by atoms with Gasteiger partial charge >= 0.3 is 0 Å². The quantitative estimate of drug-likeness (QED) is 0.649. The van der Waals surface area contributed by atoms with E-state index in [-0.39, 0.29) is 17.4 Å². The monoisotopic (exact) mass is 365 g/mol. The molecule has 0 N–H and O–H groups in total. The zero-order valence-corrected chi connectivity index (χ0v) is 15.2. The summed E-state index contributed by atoms with van der Waals surface area (Å²) < 4.78 is 20.1. The van der Waals surface area contributed by atoms with Crippen LogP contribution < -0.4 is 4.90 Å². The first-order valence-electron chi connectivity index (χ1n) is 7.42.